The van der Waals surface area contributed by atoms with Gasteiger partial charge in [-0.25, -0.2) is 0 Å². The van der Waals surface area contributed by atoms with Gasteiger partial charge >= 0.3 is 5.97 Å². The smallest absolute Gasteiger partial charge is 0.306 e. The molecule has 7 heteroatoms. The molecule has 7 nitrogen and oxygen atoms in total. The number of aryl methyl sites for hydroxylation is 1. The molecule has 0 spiro atoms. The molecule has 0 bridgehead atoms. The number of fused-ring (bicyclic) bond motifs is 1. The van der Waals surface area contributed by atoms with Crippen LogP contribution >= 0.6 is 0 Å². The number of aromatic nitrogens is 1. The fourth-order valence-electron chi connectivity index (χ4n) is 2.65. The highest BCUT2D eigenvalue weighted by molar-refractivity contribution is 5.98. The van der Waals surface area contributed by atoms with Gasteiger partial charge in [0.25, 0.3) is 5.69 Å². The number of nitro benzene ring substituents is 1. The number of aromatic amines is 1. The number of carbonyl (C=O) groups excluding carboxylic acids is 2. The number of non-ortho nitro benzene ring substituents is 1. The van der Waals surface area contributed by atoms with Gasteiger partial charge < -0.3 is 9.72 Å². The SMILES string of the molecule is O=C(CCc1c[nH]c2ccccc12)OCC(=O)c1ccc([N+](=O)[O-])cc1. The van der Waals surface area contributed by atoms with Crippen molar-refractivity contribution in [2.24, 2.45) is 0 Å². The third kappa shape index (κ3) is 3.94. The molecule has 1 heterocycles. The zero-order chi connectivity index (χ0) is 18.5. The first-order valence-electron chi connectivity index (χ1n) is 8.03. The van der Waals surface area contributed by atoms with Crippen LogP contribution in [0.3, 0.4) is 0 Å². The number of benzene rings is 2. The van der Waals surface area contributed by atoms with Crippen molar-refractivity contribution < 1.29 is 19.2 Å². The first-order chi connectivity index (χ1) is 12.5. The lowest BCUT2D eigenvalue weighted by Crippen LogP contribution is -2.14. The topological polar surface area (TPSA) is 102 Å². The van der Waals surface area contributed by atoms with Gasteiger partial charge in [0, 0.05) is 41.2 Å². The molecule has 1 aromatic heterocycles. The van der Waals surface area contributed by atoms with Gasteiger partial charge in [0.05, 0.1) is 4.92 Å². The van der Waals surface area contributed by atoms with E-state index in [1.54, 1.807) is 0 Å². The number of hydrogen-bond acceptors (Lipinski definition) is 5. The number of Topliss-reactive ketones (excluding diaryl/α,β-unsaturated/α-hetero) is 1. The number of nitrogens with zero attached hydrogens (tertiary/aromatic N) is 1. The summed E-state index contributed by atoms with van der Waals surface area (Å²) in [5.41, 5.74) is 2.18. The molecule has 26 heavy (non-hydrogen) atoms. The van der Waals surface area contributed by atoms with Crippen LogP contribution in [0.4, 0.5) is 5.69 Å². The highest BCUT2D eigenvalue weighted by Gasteiger charge is 2.13. The van der Waals surface area contributed by atoms with Gasteiger partial charge in [0.1, 0.15) is 0 Å². The van der Waals surface area contributed by atoms with Crippen molar-refractivity contribution in [1.29, 1.82) is 0 Å². The summed E-state index contributed by atoms with van der Waals surface area (Å²) in [7, 11) is 0. The van der Waals surface area contributed by atoms with Crippen molar-refractivity contribution in [2.45, 2.75) is 12.8 Å². The van der Waals surface area contributed by atoms with E-state index in [9.17, 15) is 19.7 Å². The minimum atomic E-state index is -0.543. The number of carbonyl (C=O) groups is 2. The second kappa shape index (κ2) is 7.60. The fourth-order valence-corrected chi connectivity index (χ4v) is 2.65. The minimum Gasteiger partial charge on any atom is -0.457 e. The molecule has 1 N–H and O–H groups in total. The monoisotopic (exact) mass is 352 g/mol. The lowest BCUT2D eigenvalue weighted by Gasteiger charge is -2.04. The van der Waals surface area contributed by atoms with Crippen LogP contribution in [0.2, 0.25) is 0 Å². The number of H-pyrrole nitrogens is 1. The van der Waals surface area contributed by atoms with E-state index in [4.69, 9.17) is 4.74 Å². The van der Waals surface area contributed by atoms with E-state index < -0.39 is 16.7 Å². The van der Waals surface area contributed by atoms with E-state index in [0.717, 1.165) is 16.5 Å². The van der Waals surface area contributed by atoms with Crippen LogP contribution in [0, 0.1) is 10.1 Å². The molecule has 0 amide bonds. The first kappa shape index (κ1) is 17.3. The summed E-state index contributed by atoms with van der Waals surface area (Å²) in [5.74, 6) is -0.870. The number of hydrogen-bond donors (Lipinski definition) is 1. The molecule has 0 radical (unpaired) electrons. The molecule has 132 valence electrons. The Balaban J connectivity index is 1.50. The Morgan fingerprint density at radius 1 is 1.08 bits per heavy atom. The predicted octanol–water partition coefficient (Wildman–Crippen LogP) is 3.43. The Hall–Kier alpha value is -3.48. The van der Waals surface area contributed by atoms with Gasteiger partial charge in [-0.2, -0.15) is 0 Å². The molecule has 0 unspecified atom stereocenters. The zero-order valence-corrected chi connectivity index (χ0v) is 13.8. The average Bonchev–Trinajstić information content (AvgIpc) is 3.07. The van der Waals surface area contributed by atoms with E-state index in [-0.39, 0.29) is 24.3 Å². The number of rotatable bonds is 7. The van der Waals surface area contributed by atoms with E-state index in [2.05, 4.69) is 4.98 Å². The molecule has 0 aliphatic rings. The highest BCUT2D eigenvalue weighted by Crippen LogP contribution is 2.19. The summed E-state index contributed by atoms with van der Waals surface area (Å²) in [6.07, 6.45) is 2.53. The number of nitro groups is 1. The lowest BCUT2D eigenvalue weighted by atomic mass is 10.1. The Kier molecular flexibility index (Phi) is 5.07. The van der Waals surface area contributed by atoms with Crippen molar-refractivity contribution in [3.63, 3.8) is 0 Å². The van der Waals surface area contributed by atoms with Crippen molar-refractivity contribution in [1.82, 2.24) is 4.98 Å². The van der Waals surface area contributed by atoms with Gasteiger partial charge in [-0.1, -0.05) is 18.2 Å². The number of ketones is 1. The van der Waals surface area contributed by atoms with Crippen molar-refractivity contribution in [3.8, 4) is 0 Å². The predicted molar refractivity (Wildman–Crippen MR) is 95.0 cm³/mol. The fraction of sp³-hybridized carbons (Fsp3) is 0.158. The van der Waals surface area contributed by atoms with E-state index >= 15 is 0 Å². The Morgan fingerprint density at radius 2 is 1.81 bits per heavy atom. The second-order valence-electron chi connectivity index (χ2n) is 5.75. The third-order valence-corrected chi connectivity index (χ3v) is 4.04. The van der Waals surface area contributed by atoms with E-state index in [0.29, 0.717) is 6.42 Å². The third-order valence-electron chi connectivity index (χ3n) is 4.04. The molecule has 0 fully saturated rings. The zero-order valence-electron chi connectivity index (χ0n) is 13.8. The minimum absolute atomic E-state index is 0.0997. The van der Waals surface area contributed by atoms with Gasteiger partial charge in [0.2, 0.25) is 0 Å². The van der Waals surface area contributed by atoms with Crippen LogP contribution in [0.15, 0.2) is 54.7 Å². The molecule has 3 rings (SSSR count). The number of nitrogens with one attached hydrogen (secondary N) is 1. The average molecular weight is 352 g/mol. The van der Waals surface area contributed by atoms with Gasteiger partial charge in [-0.15, -0.1) is 0 Å². The maximum Gasteiger partial charge on any atom is 0.306 e. The van der Waals surface area contributed by atoms with Gasteiger partial charge in [0.15, 0.2) is 12.4 Å². The first-order valence-corrected chi connectivity index (χ1v) is 8.03. The summed E-state index contributed by atoms with van der Waals surface area (Å²) in [6, 6.07) is 13.0. The van der Waals surface area contributed by atoms with Crippen LogP contribution in [-0.4, -0.2) is 28.3 Å². The lowest BCUT2D eigenvalue weighted by molar-refractivity contribution is -0.384. The largest absolute Gasteiger partial charge is 0.457 e. The van der Waals surface area contributed by atoms with Crippen LogP contribution in [0.1, 0.15) is 22.3 Å². The Bertz CT molecular complexity index is 959. The standard InChI is InChI=1S/C19H16N2O5/c22-18(13-5-8-15(9-6-13)21(24)25)12-26-19(23)10-7-14-11-20-17-4-2-1-3-16(14)17/h1-6,8-9,11,20H,7,10,12H2. The maximum absolute atomic E-state index is 12.0. The maximum atomic E-state index is 12.0. The van der Waals surface area contributed by atoms with Gasteiger partial charge in [-0.05, 0) is 30.2 Å². The summed E-state index contributed by atoms with van der Waals surface area (Å²) in [4.78, 5) is 37.1. The van der Waals surface area contributed by atoms with Crippen LogP contribution in [0.5, 0.6) is 0 Å². The van der Waals surface area contributed by atoms with E-state index in [1.165, 1.54) is 24.3 Å². The normalized spacial score (nSPS) is 10.6. The number of esters is 1. The molecule has 0 aliphatic carbocycles. The van der Waals surface area contributed by atoms with Crippen LogP contribution in [-0.2, 0) is 16.0 Å². The highest BCUT2D eigenvalue weighted by atomic mass is 16.6. The van der Waals surface area contributed by atoms with E-state index in [1.807, 2.05) is 30.5 Å². The summed E-state index contributed by atoms with van der Waals surface area (Å²) in [6.45, 7) is -0.384. The number of ether oxygens (including phenoxy) is 1. The van der Waals surface area contributed by atoms with Crippen molar-refractivity contribution in [3.05, 3.63) is 76.0 Å². The number of para-hydroxylation sites is 1. The second-order valence-corrected chi connectivity index (χ2v) is 5.75. The molecule has 2 aromatic carbocycles. The van der Waals surface area contributed by atoms with Crippen molar-refractivity contribution in [2.75, 3.05) is 6.61 Å². The van der Waals surface area contributed by atoms with Gasteiger partial charge in [-0.3, -0.25) is 19.7 Å². The molecular weight excluding hydrogens is 336 g/mol. The molecule has 0 aliphatic heterocycles. The Labute approximate surface area is 148 Å². The molecule has 3 aromatic rings. The molecular formula is C19H16N2O5. The van der Waals surface area contributed by atoms with Crippen LogP contribution < -0.4 is 0 Å². The summed E-state index contributed by atoms with van der Waals surface area (Å²) in [5, 5.41) is 11.7. The quantitative estimate of drug-likeness (QED) is 0.304. The summed E-state index contributed by atoms with van der Waals surface area (Å²) >= 11 is 0. The van der Waals surface area contributed by atoms with Crippen LogP contribution in [0.25, 0.3) is 10.9 Å². The van der Waals surface area contributed by atoms with Crippen molar-refractivity contribution >= 4 is 28.3 Å². The summed E-state index contributed by atoms with van der Waals surface area (Å²) < 4.78 is 5.01. The Morgan fingerprint density at radius 3 is 2.54 bits per heavy atom. The molecule has 0 saturated carbocycles. The molecule has 0 saturated heterocycles. The molecule has 0 atom stereocenters.